The van der Waals surface area contributed by atoms with Crippen LogP contribution in [0.5, 0.6) is 0 Å². The molecule has 1 atom stereocenters. The highest BCUT2D eigenvalue weighted by Crippen LogP contribution is 2.20. The van der Waals surface area contributed by atoms with Crippen LogP contribution in [0.3, 0.4) is 0 Å². The molecular weight excluding hydrogens is 250 g/mol. The lowest BCUT2D eigenvalue weighted by atomic mass is 10.1. The quantitative estimate of drug-likeness (QED) is 0.561. The fourth-order valence-electron chi connectivity index (χ4n) is 2.00. The van der Waals surface area contributed by atoms with Gasteiger partial charge < -0.3 is 10.1 Å². The van der Waals surface area contributed by atoms with Crippen LogP contribution in [-0.4, -0.2) is 52.3 Å². The second-order valence-electron chi connectivity index (χ2n) is 4.41. The lowest BCUT2D eigenvalue weighted by molar-refractivity contribution is 0.104. The minimum absolute atomic E-state index is 0.492. The lowest BCUT2D eigenvalue weighted by Crippen LogP contribution is -2.16. The number of rotatable bonds is 8. The molecule has 0 spiro atoms. The van der Waals surface area contributed by atoms with Gasteiger partial charge in [-0.25, -0.2) is 4.68 Å². The Labute approximate surface area is 112 Å². The molecule has 1 N–H and O–H groups in total. The summed E-state index contributed by atoms with van der Waals surface area (Å²) in [6.07, 6.45) is 5.26. The van der Waals surface area contributed by atoms with E-state index in [0.29, 0.717) is 6.10 Å². The van der Waals surface area contributed by atoms with E-state index in [1.165, 1.54) is 12.8 Å². The number of hydrogen-bond acceptors (Lipinski definition) is 6. The molecule has 0 aromatic carbocycles. The third kappa shape index (κ3) is 4.22. The van der Waals surface area contributed by atoms with Crippen molar-refractivity contribution in [2.75, 3.05) is 26.0 Å². The summed E-state index contributed by atoms with van der Waals surface area (Å²) in [5.74, 6) is 1.06. The van der Waals surface area contributed by atoms with Gasteiger partial charge in [-0.2, -0.15) is 0 Å². The van der Waals surface area contributed by atoms with Crippen LogP contribution in [0.4, 0.5) is 0 Å². The zero-order valence-corrected chi connectivity index (χ0v) is 11.7. The normalized spacial score (nSPS) is 19.5. The molecule has 1 unspecified atom stereocenters. The summed E-state index contributed by atoms with van der Waals surface area (Å²) in [7, 11) is 1.93. The van der Waals surface area contributed by atoms with Gasteiger partial charge in [0.1, 0.15) is 0 Å². The number of thioether (sulfide) groups is 1. The Morgan fingerprint density at radius 1 is 1.56 bits per heavy atom. The van der Waals surface area contributed by atoms with E-state index < -0.39 is 0 Å². The van der Waals surface area contributed by atoms with E-state index in [2.05, 4.69) is 20.8 Å². The summed E-state index contributed by atoms with van der Waals surface area (Å²) >= 11 is 1.73. The van der Waals surface area contributed by atoms with Crippen molar-refractivity contribution in [2.45, 2.75) is 43.5 Å². The highest BCUT2D eigenvalue weighted by molar-refractivity contribution is 7.99. The zero-order chi connectivity index (χ0) is 12.6. The van der Waals surface area contributed by atoms with Gasteiger partial charge in [0.25, 0.3) is 0 Å². The molecule has 1 aromatic heterocycles. The van der Waals surface area contributed by atoms with Crippen LogP contribution < -0.4 is 5.32 Å². The first-order chi connectivity index (χ1) is 8.90. The summed E-state index contributed by atoms with van der Waals surface area (Å²) in [6.45, 7) is 2.64. The van der Waals surface area contributed by atoms with Crippen molar-refractivity contribution >= 4 is 11.8 Å². The molecule has 102 valence electrons. The van der Waals surface area contributed by atoms with Crippen LogP contribution in [0.15, 0.2) is 5.16 Å². The van der Waals surface area contributed by atoms with Crippen molar-refractivity contribution in [1.29, 1.82) is 0 Å². The Morgan fingerprint density at radius 3 is 3.28 bits per heavy atom. The number of nitrogens with one attached hydrogen (secondary N) is 1. The van der Waals surface area contributed by atoms with Gasteiger partial charge in [-0.3, -0.25) is 0 Å². The molecule has 6 nitrogen and oxygen atoms in total. The first-order valence-corrected chi connectivity index (χ1v) is 7.54. The van der Waals surface area contributed by atoms with E-state index in [4.69, 9.17) is 4.74 Å². The average molecular weight is 271 g/mol. The van der Waals surface area contributed by atoms with E-state index in [1.54, 1.807) is 11.8 Å². The molecule has 1 saturated heterocycles. The summed E-state index contributed by atoms with van der Waals surface area (Å²) in [6, 6.07) is 0. The van der Waals surface area contributed by atoms with Gasteiger partial charge in [0, 0.05) is 18.9 Å². The SMILES string of the molecule is CNCCn1nnnc1SCCCC1CCCO1. The predicted octanol–water partition coefficient (Wildman–Crippen LogP) is 0.944. The fourth-order valence-corrected chi connectivity index (χ4v) is 2.87. The van der Waals surface area contributed by atoms with Crippen molar-refractivity contribution in [1.82, 2.24) is 25.5 Å². The summed E-state index contributed by atoms with van der Waals surface area (Å²) in [5, 5.41) is 15.8. The van der Waals surface area contributed by atoms with Gasteiger partial charge in [0.2, 0.25) is 5.16 Å². The number of hydrogen-bond donors (Lipinski definition) is 1. The van der Waals surface area contributed by atoms with Gasteiger partial charge in [-0.05, 0) is 43.2 Å². The first kappa shape index (κ1) is 13.8. The summed E-state index contributed by atoms with van der Waals surface area (Å²) in [4.78, 5) is 0. The molecule has 0 bridgehead atoms. The highest BCUT2D eigenvalue weighted by atomic mass is 32.2. The minimum Gasteiger partial charge on any atom is -0.378 e. The fraction of sp³-hybridized carbons (Fsp3) is 0.909. The van der Waals surface area contributed by atoms with Gasteiger partial charge in [0.05, 0.1) is 12.6 Å². The third-order valence-corrected chi connectivity index (χ3v) is 4.04. The van der Waals surface area contributed by atoms with Crippen LogP contribution in [0.25, 0.3) is 0 Å². The van der Waals surface area contributed by atoms with E-state index in [0.717, 1.165) is 43.4 Å². The lowest BCUT2D eigenvalue weighted by Gasteiger charge is -2.08. The van der Waals surface area contributed by atoms with Crippen molar-refractivity contribution in [3.8, 4) is 0 Å². The van der Waals surface area contributed by atoms with Crippen LogP contribution >= 0.6 is 11.8 Å². The number of aromatic nitrogens is 4. The second kappa shape index (κ2) is 7.70. The summed E-state index contributed by atoms with van der Waals surface area (Å²) < 4.78 is 7.46. The van der Waals surface area contributed by atoms with Gasteiger partial charge in [-0.15, -0.1) is 5.10 Å². The molecule has 0 amide bonds. The highest BCUT2D eigenvalue weighted by Gasteiger charge is 2.15. The van der Waals surface area contributed by atoms with E-state index in [1.807, 2.05) is 11.7 Å². The Hall–Kier alpha value is -0.660. The van der Waals surface area contributed by atoms with Crippen molar-refractivity contribution < 1.29 is 4.74 Å². The Kier molecular flexibility index (Phi) is 5.89. The maximum absolute atomic E-state index is 5.60. The molecule has 2 rings (SSSR count). The maximum Gasteiger partial charge on any atom is 0.209 e. The Bertz CT molecular complexity index is 340. The van der Waals surface area contributed by atoms with E-state index in [-0.39, 0.29) is 0 Å². The second-order valence-corrected chi connectivity index (χ2v) is 5.48. The molecular formula is C11H21N5OS. The van der Waals surface area contributed by atoms with Crippen molar-refractivity contribution in [3.05, 3.63) is 0 Å². The van der Waals surface area contributed by atoms with Gasteiger partial charge in [0.15, 0.2) is 0 Å². The smallest absolute Gasteiger partial charge is 0.209 e. The first-order valence-electron chi connectivity index (χ1n) is 6.55. The molecule has 1 fully saturated rings. The predicted molar refractivity (Wildman–Crippen MR) is 70.7 cm³/mol. The van der Waals surface area contributed by atoms with Crippen LogP contribution in [-0.2, 0) is 11.3 Å². The standard InChI is InChI=1S/C11H21N5OS/c1-12-6-7-16-11(13-14-15-16)18-9-3-5-10-4-2-8-17-10/h10,12H,2-9H2,1H3. The largest absolute Gasteiger partial charge is 0.378 e. The van der Waals surface area contributed by atoms with Gasteiger partial charge >= 0.3 is 0 Å². The maximum atomic E-state index is 5.60. The number of ether oxygens (including phenoxy) is 1. The molecule has 7 heteroatoms. The molecule has 1 aromatic rings. The molecule has 1 aliphatic heterocycles. The monoisotopic (exact) mass is 271 g/mol. The summed E-state index contributed by atoms with van der Waals surface area (Å²) in [5.41, 5.74) is 0. The molecule has 18 heavy (non-hydrogen) atoms. The number of nitrogens with zero attached hydrogens (tertiary/aromatic N) is 4. The van der Waals surface area contributed by atoms with E-state index >= 15 is 0 Å². The molecule has 2 heterocycles. The topological polar surface area (TPSA) is 64.9 Å². The van der Waals surface area contributed by atoms with Gasteiger partial charge in [-0.1, -0.05) is 11.8 Å². The van der Waals surface area contributed by atoms with Crippen LogP contribution in [0.2, 0.25) is 0 Å². The molecule has 0 aliphatic carbocycles. The minimum atomic E-state index is 0.492. The third-order valence-electron chi connectivity index (χ3n) is 3.00. The van der Waals surface area contributed by atoms with Crippen molar-refractivity contribution in [2.24, 2.45) is 0 Å². The Balaban J connectivity index is 1.64. The van der Waals surface area contributed by atoms with Crippen LogP contribution in [0.1, 0.15) is 25.7 Å². The zero-order valence-electron chi connectivity index (χ0n) is 10.8. The number of tetrazole rings is 1. The average Bonchev–Trinajstić information content (AvgIpc) is 3.03. The molecule has 1 aliphatic rings. The van der Waals surface area contributed by atoms with Crippen LogP contribution in [0, 0.1) is 0 Å². The van der Waals surface area contributed by atoms with Crippen molar-refractivity contribution in [3.63, 3.8) is 0 Å². The van der Waals surface area contributed by atoms with E-state index in [9.17, 15) is 0 Å². The molecule has 0 saturated carbocycles. The Morgan fingerprint density at radius 2 is 2.50 bits per heavy atom. The number of likely N-dealkylation sites (N-methyl/N-ethyl adjacent to an activating group) is 1. The molecule has 0 radical (unpaired) electrons.